The number of benzene rings is 1. The van der Waals surface area contributed by atoms with Gasteiger partial charge in [-0.2, -0.15) is 0 Å². The minimum absolute atomic E-state index is 0.200. The second-order valence-electron chi connectivity index (χ2n) is 3.37. The molecule has 0 amide bonds. The normalized spacial score (nSPS) is 14.9. The fraction of sp³-hybridized carbons (Fsp3) is 0.400. The van der Waals surface area contributed by atoms with E-state index in [-0.39, 0.29) is 6.61 Å². The molecule has 0 heterocycles. The van der Waals surface area contributed by atoms with Gasteiger partial charge in [0, 0.05) is 11.2 Å². The maximum atomic E-state index is 10.6. The summed E-state index contributed by atoms with van der Waals surface area (Å²) in [6.45, 7) is -1.59. The molecule has 1 atom stereocenters. The number of aryl methyl sites for hydroxylation is 2. The van der Waals surface area contributed by atoms with Gasteiger partial charge in [-0.05, 0) is 25.3 Å². The van der Waals surface area contributed by atoms with E-state index in [1.54, 1.807) is 0 Å². The molecule has 15 heavy (non-hydrogen) atoms. The molecule has 1 rings (SSSR count). The molecule has 0 saturated carbocycles. The van der Waals surface area contributed by atoms with Crippen molar-refractivity contribution < 1.29 is 14.0 Å². The Morgan fingerprint density at radius 2 is 2.00 bits per heavy atom. The van der Waals surface area contributed by atoms with Gasteiger partial charge in [-0.15, -0.1) is 0 Å². The van der Waals surface area contributed by atoms with E-state index in [4.69, 9.17) is 16.1 Å². The van der Waals surface area contributed by atoms with E-state index < -0.39 is 6.95 Å². The SMILES string of the molecule is Cc1ccc(CCCOP(=O)(O)Cl)cc1. The zero-order chi connectivity index (χ0) is 11.3. The van der Waals surface area contributed by atoms with Gasteiger partial charge in [0.15, 0.2) is 0 Å². The van der Waals surface area contributed by atoms with Crippen molar-refractivity contribution in [1.29, 1.82) is 0 Å². The highest BCUT2D eigenvalue weighted by Crippen LogP contribution is 2.47. The number of hydrogen-bond donors (Lipinski definition) is 1. The highest BCUT2D eigenvalue weighted by Gasteiger charge is 2.12. The summed E-state index contributed by atoms with van der Waals surface area (Å²) in [5.74, 6) is 0. The smallest absolute Gasteiger partial charge is 0.313 e. The second-order valence-corrected chi connectivity index (χ2v) is 5.82. The molecule has 1 N–H and O–H groups in total. The van der Waals surface area contributed by atoms with Crippen molar-refractivity contribution in [3.63, 3.8) is 0 Å². The highest BCUT2D eigenvalue weighted by molar-refractivity contribution is 7.80. The van der Waals surface area contributed by atoms with E-state index in [1.807, 2.05) is 31.2 Å². The third-order valence-corrected chi connectivity index (χ3v) is 2.77. The Morgan fingerprint density at radius 3 is 2.53 bits per heavy atom. The van der Waals surface area contributed by atoms with Gasteiger partial charge < -0.3 is 4.89 Å². The monoisotopic (exact) mass is 248 g/mol. The van der Waals surface area contributed by atoms with Crippen LogP contribution in [0.4, 0.5) is 0 Å². The van der Waals surface area contributed by atoms with Crippen molar-refractivity contribution in [3.8, 4) is 0 Å². The Morgan fingerprint density at radius 1 is 1.40 bits per heavy atom. The molecule has 0 bridgehead atoms. The molecule has 0 radical (unpaired) electrons. The molecule has 0 aliphatic heterocycles. The Hall–Kier alpha value is -0.340. The first-order chi connectivity index (χ1) is 6.97. The predicted octanol–water partition coefficient (Wildman–Crippen LogP) is 3.28. The molecule has 84 valence electrons. The van der Waals surface area contributed by atoms with Crippen LogP contribution in [0.3, 0.4) is 0 Å². The summed E-state index contributed by atoms with van der Waals surface area (Å²) in [5.41, 5.74) is 2.40. The van der Waals surface area contributed by atoms with E-state index in [2.05, 4.69) is 4.52 Å². The van der Waals surface area contributed by atoms with Gasteiger partial charge in [0.2, 0.25) is 0 Å². The fourth-order valence-electron chi connectivity index (χ4n) is 1.21. The van der Waals surface area contributed by atoms with E-state index in [0.29, 0.717) is 6.42 Å². The average Bonchev–Trinajstić information content (AvgIpc) is 2.14. The quantitative estimate of drug-likeness (QED) is 0.642. The lowest BCUT2D eigenvalue weighted by Crippen LogP contribution is -1.93. The standard InChI is InChI=1S/C10H14ClO3P/c1-9-4-6-10(7-5-9)3-2-8-14-15(11,12)13/h4-7H,2-3,8H2,1H3,(H,12,13). The molecule has 0 aliphatic rings. The second kappa shape index (κ2) is 5.66. The molecule has 0 saturated heterocycles. The van der Waals surface area contributed by atoms with Gasteiger partial charge in [0.05, 0.1) is 6.61 Å². The molecule has 0 aromatic heterocycles. The van der Waals surface area contributed by atoms with E-state index in [0.717, 1.165) is 6.42 Å². The lowest BCUT2D eigenvalue weighted by atomic mass is 10.1. The van der Waals surface area contributed by atoms with Gasteiger partial charge in [0.25, 0.3) is 0 Å². The molecule has 0 fully saturated rings. The van der Waals surface area contributed by atoms with Gasteiger partial charge in [-0.25, -0.2) is 4.57 Å². The van der Waals surface area contributed by atoms with Gasteiger partial charge >= 0.3 is 6.95 Å². The molecule has 3 nitrogen and oxygen atoms in total. The molecule has 1 aromatic rings. The van der Waals surface area contributed by atoms with Crippen LogP contribution in [0.5, 0.6) is 0 Å². The molecule has 0 aliphatic carbocycles. The summed E-state index contributed by atoms with van der Waals surface area (Å²) in [7, 11) is 0. The Kier molecular flexibility index (Phi) is 4.81. The minimum Gasteiger partial charge on any atom is -0.313 e. The topological polar surface area (TPSA) is 46.5 Å². The number of hydrogen-bond acceptors (Lipinski definition) is 2. The summed E-state index contributed by atoms with van der Waals surface area (Å²) in [6.07, 6.45) is 1.50. The van der Waals surface area contributed by atoms with Crippen molar-refractivity contribution >= 4 is 18.2 Å². The highest BCUT2D eigenvalue weighted by atomic mass is 35.7. The number of halogens is 1. The zero-order valence-electron chi connectivity index (χ0n) is 8.52. The largest absolute Gasteiger partial charge is 0.421 e. The summed E-state index contributed by atoms with van der Waals surface area (Å²) in [6, 6.07) is 8.15. The van der Waals surface area contributed by atoms with Gasteiger partial charge in [-0.1, -0.05) is 29.8 Å². The van der Waals surface area contributed by atoms with E-state index in [9.17, 15) is 4.57 Å². The van der Waals surface area contributed by atoms with Crippen LogP contribution < -0.4 is 0 Å². The summed E-state index contributed by atoms with van der Waals surface area (Å²) >= 11 is 5.02. The van der Waals surface area contributed by atoms with Gasteiger partial charge in [-0.3, -0.25) is 4.52 Å². The van der Waals surface area contributed by atoms with Crippen molar-refractivity contribution in [3.05, 3.63) is 35.4 Å². The predicted molar refractivity (Wildman–Crippen MR) is 61.1 cm³/mol. The molecule has 1 unspecified atom stereocenters. The van der Waals surface area contributed by atoms with Crippen LogP contribution in [0.15, 0.2) is 24.3 Å². The minimum atomic E-state index is -3.82. The van der Waals surface area contributed by atoms with Crippen molar-refractivity contribution in [2.75, 3.05) is 6.61 Å². The number of rotatable bonds is 5. The van der Waals surface area contributed by atoms with Crippen LogP contribution in [0.2, 0.25) is 0 Å². The fourth-order valence-corrected chi connectivity index (χ4v) is 1.77. The molecular formula is C10H14ClO3P. The Balaban J connectivity index is 2.26. The average molecular weight is 249 g/mol. The van der Waals surface area contributed by atoms with E-state index >= 15 is 0 Å². The lowest BCUT2D eigenvalue weighted by Gasteiger charge is -2.04. The van der Waals surface area contributed by atoms with Crippen molar-refractivity contribution in [2.45, 2.75) is 19.8 Å². The van der Waals surface area contributed by atoms with Crippen LogP contribution in [0.25, 0.3) is 0 Å². The van der Waals surface area contributed by atoms with Crippen LogP contribution in [0.1, 0.15) is 17.5 Å². The van der Waals surface area contributed by atoms with Crippen LogP contribution >= 0.6 is 18.2 Å². The summed E-state index contributed by atoms with van der Waals surface area (Å²) < 4.78 is 15.1. The maximum Gasteiger partial charge on any atom is 0.421 e. The van der Waals surface area contributed by atoms with Crippen molar-refractivity contribution in [2.24, 2.45) is 0 Å². The Labute approximate surface area is 94.4 Å². The first-order valence-corrected chi connectivity index (χ1v) is 7.18. The molecular weight excluding hydrogens is 235 g/mol. The first-order valence-electron chi connectivity index (χ1n) is 4.70. The molecule has 1 aromatic carbocycles. The first kappa shape index (κ1) is 12.7. The summed E-state index contributed by atoms with van der Waals surface area (Å²) in [4.78, 5) is 8.65. The van der Waals surface area contributed by atoms with Gasteiger partial charge in [0.1, 0.15) is 0 Å². The third kappa shape index (κ3) is 5.95. The summed E-state index contributed by atoms with van der Waals surface area (Å²) in [5, 5.41) is 0. The lowest BCUT2D eigenvalue weighted by molar-refractivity contribution is 0.270. The maximum absolute atomic E-state index is 10.6. The molecule has 0 spiro atoms. The van der Waals surface area contributed by atoms with Crippen LogP contribution in [-0.2, 0) is 15.5 Å². The van der Waals surface area contributed by atoms with Crippen LogP contribution in [-0.4, -0.2) is 11.5 Å². The van der Waals surface area contributed by atoms with Crippen molar-refractivity contribution in [1.82, 2.24) is 0 Å². The van der Waals surface area contributed by atoms with Crippen LogP contribution in [0, 0.1) is 6.92 Å². The van der Waals surface area contributed by atoms with E-state index in [1.165, 1.54) is 11.1 Å². The molecule has 5 heteroatoms. The zero-order valence-corrected chi connectivity index (χ0v) is 10.2. The third-order valence-electron chi connectivity index (χ3n) is 1.98. The Bertz CT molecular complexity index is 344.